The summed E-state index contributed by atoms with van der Waals surface area (Å²) in [7, 11) is 0. The Hall–Kier alpha value is -1.55. The Labute approximate surface area is 162 Å². The van der Waals surface area contributed by atoms with E-state index in [2.05, 4.69) is 4.90 Å². The van der Waals surface area contributed by atoms with Crippen LogP contribution < -0.4 is 4.90 Å². The third-order valence-corrected chi connectivity index (χ3v) is 6.03. The first kappa shape index (κ1) is 19.2. The number of allylic oxidation sites excluding steroid dienone is 1. The number of nitrogens with zero attached hydrogens (tertiary/aromatic N) is 2. The van der Waals surface area contributed by atoms with Gasteiger partial charge in [0, 0.05) is 39.0 Å². The number of benzene rings is 1. The van der Waals surface area contributed by atoms with Gasteiger partial charge in [-0.2, -0.15) is 0 Å². The van der Waals surface area contributed by atoms with Crippen LogP contribution in [0.4, 0.5) is 10.1 Å². The van der Waals surface area contributed by atoms with Gasteiger partial charge in [0.2, 0.25) is 0 Å². The summed E-state index contributed by atoms with van der Waals surface area (Å²) in [5.74, 6) is 1.75. The van der Waals surface area contributed by atoms with E-state index in [1.807, 2.05) is 23.0 Å². The highest BCUT2D eigenvalue weighted by Gasteiger charge is 2.30. The third kappa shape index (κ3) is 4.22. The fraction of sp³-hybridized carbons (Fsp3) is 0.526. The van der Waals surface area contributed by atoms with Gasteiger partial charge in [-0.3, -0.25) is 4.79 Å². The topological polar surface area (TPSA) is 40.6 Å². The van der Waals surface area contributed by atoms with Crippen molar-refractivity contribution in [2.45, 2.75) is 31.9 Å². The zero-order valence-corrected chi connectivity index (χ0v) is 15.9. The molecule has 2 fully saturated rings. The molecule has 0 radical (unpaired) electrons. The zero-order chi connectivity index (χ0) is 18.7. The largest absolute Gasteiger partial charge is 0.367 e. The number of rotatable bonds is 4. The van der Waals surface area contributed by atoms with Crippen LogP contribution in [0.25, 0.3) is 0 Å². The lowest BCUT2D eigenvalue weighted by Crippen LogP contribution is -2.46. The molecule has 4 nitrogen and oxygen atoms in total. The molecule has 0 spiro atoms. The molecule has 0 amide bonds. The van der Waals surface area contributed by atoms with Crippen molar-refractivity contribution in [3.8, 4) is 0 Å². The summed E-state index contributed by atoms with van der Waals surface area (Å²) in [6.45, 7) is 2.75. The second kappa shape index (κ2) is 8.43. The van der Waals surface area contributed by atoms with E-state index in [0.29, 0.717) is 54.8 Å². The normalized spacial score (nSPS) is 23.7. The first-order chi connectivity index (χ1) is 12.5. The maximum Gasteiger partial charge on any atom is 0.166 e. The number of piperazine rings is 1. The van der Waals surface area contributed by atoms with Crippen molar-refractivity contribution in [1.82, 2.24) is 4.90 Å². The van der Waals surface area contributed by atoms with Gasteiger partial charge in [-0.05, 0) is 30.9 Å². The predicted molar refractivity (Wildman–Crippen MR) is 101 cm³/mol. The van der Waals surface area contributed by atoms with Gasteiger partial charge in [0.25, 0.3) is 0 Å². The van der Waals surface area contributed by atoms with Crippen molar-refractivity contribution in [1.29, 1.82) is 0 Å². The average Bonchev–Trinajstić information content (AvgIpc) is 2.65. The summed E-state index contributed by atoms with van der Waals surface area (Å²) >= 11 is 12.4. The van der Waals surface area contributed by atoms with Crippen LogP contribution in [0, 0.1) is 5.92 Å². The highest BCUT2D eigenvalue weighted by molar-refractivity contribution is 6.43. The smallest absolute Gasteiger partial charge is 0.166 e. The number of alkyl halides is 1. The molecular weight excluding hydrogens is 378 g/mol. The van der Waals surface area contributed by atoms with Crippen LogP contribution in [-0.2, 0) is 9.59 Å². The van der Waals surface area contributed by atoms with E-state index < -0.39 is 6.17 Å². The van der Waals surface area contributed by atoms with Gasteiger partial charge in [0.05, 0.1) is 21.4 Å². The van der Waals surface area contributed by atoms with Crippen molar-refractivity contribution in [2.24, 2.45) is 5.92 Å². The molecule has 3 rings (SSSR count). The number of carbonyl (C=O) groups excluding carboxylic acids is 2. The van der Waals surface area contributed by atoms with Crippen LogP contribution in [0.2, 0.25) is 10.0 Å². The van der Waals surface area contributed by atoms with E-state index in [4.69, 9.17) is 23.2 Å². The van der Waals surface area contributed by atoms with Crippen molar-refractivity contribution < 1.29 is 14.0 Å². The molecule has 140 valence electrons. The molecule has 1 saturated heterocycles. The Morgan fingerprint density at radius 3 is 2.62 bits per heavy atom. The van der Waals surface area contributed by atoms with Gasteiger partial charge in [-0.25, -0.2) is 9.18 Å². The Bertz CT molecular complexity index is 728. The fourth-order valence-corrected chi connectivity index (χ4v) is 4.11. The minimum atomic E-state index is -1.39. The molecule has 1 saturated carbocycles. The number of anilines is 1. The molecule has 1 aromatic carbocycles. The standard InChI is InChI=1S/C19H21Cl2FN2O2/c20-15-2-1-3-17(19(15)21)24-8-6-23(7-9-24)14(12-25)10-13-4-5-18(26)16(22)11-13/h1-3,13,16H,4-11H2. The number of hydrogen-bond acceptors (Lipinski definition) is 4. The SMILES string of the molecule is O=C=C(CC1CCC(=O)C(F)C1)N1CCN(c2cccc(Cl)c2Cl)CC1. The van der Waals surface area contributed by atoms with Crippen LogP contribution >= 0.6 is 23.2 Å². The minimum absolute atomic E-state index is 0.0274. The van der Waals surface area contributed by atoms with Crippen LogP contribution in [-0.4, -0.2) is 49.0 Å². The summed E-state index contributed by atoms with van der Waals surface area (Å²) in [6.07, 6.45) is 0.210. The van der Waals surface area contributed by atoms with Gasteiger partial charge in [-0.15, -0.1) is 0 Å². The molecule has 2 aliphatic rings. The molecule has 0 bridgehead atoms. The zero-order valence-electron chi connectivity index (χ0n) is 14.4. The molecule has 2 atom stereocenters. The van der Waals surface area contributed by atoms with E-state index in [1.165, 1.54) is 0 Å². The number of Topliss-reactive ketones (excluding diaryl/α,β-unsaturated/α-hetero) is 1. The Kier molecular flexibility index (Phi) is 6.23. The average molecular weight is 399 g/mol. The lowest BCUT2D eigenvalue weighted by atomic mass is 9.84. The van der Waals surface area contributed by atoms with E-state index >= 15 is 0 Å². The second-order valence-electron chi connectivity index (χ2n) is 6.87. The molecule has 0 aromatic heterocycles. The summed E-state index contributed by atoms with van der Waals surface area (Å²) in [6, 6.07) is 5.55. The number of carbonyl (C=O) groups is 1. The van der Waals surface area contributed by atoms with E-state index in [1.54, 1.807) is 6.07 Å². The molecule has 0 N–H and O–H groups in total. The van der Waals surface area contributed by atoms with Crippen molar-refractivity contribution >= 4 is 40.6 Å². The molecule has 1 aliphatic heterocycles. The van der Waals surface area contributed by atoms with Gasteiger partial charge in [-0.1, -0.05) is 29.3 Å². The summed E-state index contributed by atoms with van der Waals surface area (Å²) < 4.78 is 13.6. The lowest BCUT2D eigenvalue weighted by molar-refractivity contribution is -0.126. The quantitative estimate of drug-likeness (QED) is 0.720. The number of halogens is 3. The van der Waals surface area contributed by atoms with E-state index in [0.717, 1.165) is 5.69 Å². The van der Waals surface area contributed by atoms with Crippen LogP contribution in [0.1, 0.15) is 25.7 Å². The number of hydrogen-bond donors (Lipinski definition) is 0. The Morgan fingerprint density at radius 2 is 1.96 bits per heavy atom. The Balaban J connectivity index is 1.59. The van der Waals surface area contributed by atoms with Crippen LogP contribution in [0.5, 0.6) is 0 Å². The molecule has 26 heavy (non-hydrogen) atoms. The minimum Gasteiger partial charge on any atom is -0.367 e. The van der Waals surface area contributed by atoms with Crippen molar-refractivity contribution in [3.05, 3.63) is 33.9 Å². The first-order valence-corrected chi connectivity index (χ1v) is 9.60. The maximum absolute atomic E-state index is 13.6. The maximum atomic E-state index is 13.6. The predicted octanol–water partition coefficient (Wildman–Crippen LogP) is 3.93. The number of ketones is 1. The van der Waals surface area contributed by atoms with Crippen molar-refractivity contribution in [3.63, 3.8) is 0 Å². The first-order valence-electron chi connectivity index (χ1n) is 8.84. The highest BCUT2D eigenvalue weighted by atomic mass is 35.5. The molecular formula is C19H21Cl2FN2O2. The highest BCUT2D eigenvalue weighted by Crippen LogP contribution is 2.34. The van der Waals surface area contributed by atoms with Crippen LogP contribution in [0.15, 0.2) is 23.9 Å². The molecule has 1 aliphatic carbocycles. The van der Waals surface area contributed by atoms with Gasteiger partial charge >= 0.3 is 0 Å². The molecule has 1 heterocycles. The monoisotopic (exact) mass is 398 g/mol. The fourth-order valence-electron chi connectivity index (χ4n) is 3.69. The molecule has 2 unspecified atom stereocenters. The lowest BCUT2D eigenvalue weighted by Gasteiger charge is -2.38. The van der Waals surface area contributed by atoms with Crippen LogP contribution in [0.3, 0.4) is 0 Å². The third-order valence-electron chi connectivity index (χ3n) is 5.22. The summed E-state index contributed by atoms with van der Waals surface area (Å²) in [5.41, 5.74) is 1.47. The van der Waals surface area contributed by atoms with Gasteiger partial charge in [0.15, 0.2) is 12.0 Å². The molecule has 7 heteroatoms. The van der Waals surface area contributed by atoms with Gasteiger partial charge < -0.3 is 9.80 Å². The molecule has 1 aromatic rings. The van der Waals surface area contributed by atoms with Gasteiger partial charge in [0.1, 0.15) is 5.94 Å². The summed E-state index contributed by atoms with van der Waals surface area (Å²) in [4.78, 5) is 26.9. The van der Waals surface area contributed by atoms with E-state index in [9.17, 15) is 14.0 Å². The second-order valence-corrected chi connectivity index (χ2v) is 7.66. The van der Waals surface area contributed by atoms with E-state index in [-0.39, 0.29) is 24.5 Å². The summed E-state index contributed by atoms with van der Waals surface area (Å²) in [5, 5.41) is 1.06. The van der Waals surface area contributed by atoms with Crippen molar-refractivity contribution in [2.75, 3.05) is 31.1 Å². The Morgan fingerprint density at radius 1 is 1.23 bits per heavy atom.